The number of rotatable bonds is 7. The van der Waals surface area contributed by atoms with Gasteiger partial charge >= 0.3 is 0 Å². The molecular formula is C21H16FN3O3S2. The number of halogens is 1. The van der Waals surface area contributed by atoms with Crippen LogP contribution in [0.4, 0.5) is 9.52 Å². The van der Waals surface area contributed by atoms with E-state index >= 15 is 0 Å². The van der Waals surface area contributed by atoms with Crippen LogP contribution in [0.3, 0.4) is 0 Å². The smallest absolute Gasteiger partial charge is 0.257 e. The zero-order chi connectivity index (χ0) is 20.9. The molecule has 30 heavy (non-hydrogen) atoms. The van der Waals surface area contributed by atoms with Crippen molar-refractivity contribution >= 4 is 33.7 Å². The Bertz CT molecular complexity index is 1160. The van der Waals surface area contributed by atoms with Gasteiger partial charge in [-0.2, -0.15) is 0 Å². The molecule has 0 radical (unpaired) electrons. The largest absolute Gasteiger partial charge is 0.494 e. The number of methoxy groups -OCH3 is 1. The highest BCUT2D eigenvalue weighted by Crippen LogP contribution is 2.28. The van der Waals surface area contributed by atoms with Gasteiger partial charge in [0.1, 0.15) is 12.4 Å². The molecule has 0 saturated heterocycles. The van der Waals surface area contributed by atoms with E-state index in [2.05, 4.69) is 15.3 Å². The van der Waals surface area contributed by atoms with E-state index in [-0.39, 0.29) is 11.7 Å². The Labute approximate surface area is 180 Å². The standard InChI is InChI=1S/C21H16FN3O3S2/c1-27-19-6-5-13(8-17(19)22)18-11-30-21(24-18)25-20(26)14-3-2-4-16(7-14)28-9-15-10-29-12-23-15/h2-8,10-12H,9H2,1H3,(H,24,25,26). The molecule has 2 heterocycles. The Kier molecular flexibility index (Phi) is 6.01. The minimum atomic E-state index is -0.469. The number of benzene rings is 2. The number of ether oxygens (including phenoxy) is 2. The van der Waals surface area contributed by atoms with E-state index < -0.39 is 5.82 Å². The van der Waals surface area contributed by atoms with Crippen LogP contribution >= 0.6 is 22.7 Å². The van der Waals surface area contributed by atoms with Gasteiger partial charge in [-0.1, -0.05) is 6.07 Å². The van der Waals surface area contributed by atoms with Crippen LogP contribution in [-0.2, 0) is 6.61 Å². The number of anilines is 1. The average Bonchev–Trinajstić information content (AvgIpc) is 3.44. The second-order valence-corrected chi connectivity index (χ2v) is 7.71. The number of hydrogen-bond donors (Lipinski definition) is 1. The minimum absolute atomic E-state index is 0.166. The molecule has 4 aromatic rings. The lowest BCUT2D eigenvalue weighted by molar-refractivity contribution is 0.102. The van der Waals surface area contributed by atoms with Gasteiger partial charge in [0.15, 0.2) is 16.7 Å². The van der Waals surface area contributed by atoms with Crippen LogP contribution in [0.1, 0.15) is 16.1 Å². The molecule has 0 atom stereocenters. The van der Waals surface area contributed by atoms with Crippen LogP contribution < -0.4 is 14.8 Å². The van der Waals surface area contributed by atoms with Gasteiger partial charge in [0, 0.05) is 21.9 Å². The van der Waals surface area contributed by atoms with Gasteiger partial charge in [-0.15, -0.1) is 22.7 Å². The second kappa shape index (κ2) is 9.02. The predicted molar refractivity (Wildman–Crippen MR) is 115 cm³/mol. The van der Waals surface area contributed by atoms with Gasteiger partial charge < -0.3 is 9.47 Å². The van der Waals surface area contributed by atoms with E-state index in [1.807, 2.05) is 5.38 Å². The summed E-state index contributed by atoms with van der Waals surface area (Å²) in [6.07, 6.45) is 0. The molecule has 1 N–H and O–H groups in total. The number of carbonyl (C=O) groups excluding carboxylic acids is 1. The van der Waals surface area contributed by atoms with Crippen LogP contribution in [0, 0.1) is 5.82 Å². The van der Waals surface area contributed by atoms with Crippen molar-refractivity contribution < 1.29 is 18.7 Å². The second-order valence-electron chi connectivity index (χ2n) is 6.14. The third-order valence-electron chi connectivity index (χ3n) is 4.14. The van der Waals surface area contributed by atoms with Crippen molar-refractivity contribution in [1.29, 1.82) is 0 Å². The normalized spacial score (nSPS) is 10.6. The third kappa shape index (κ3) is 4.64. The summed E-state index contributed by atoms with van der Waals surface area (Å²) in [5, 5.41) is 6.85. The Morgan fingerprint density at radius 1 is 1.20 bits per heavy atom. The summed E-state index contributed by atoms with van der Waals surface area (Å²) in [7, 11) is 1.41. The van der Waals surface area contributed by atoms with Crippen molar-refractivity contribution in [2.45, 2.75) is 6.61 Å². The third-order valence-corrected chi connectivity index (χ3v) is 5.53. The first-order valence-corrected chi connectivity index (χ1v) is 10.7. The fraction of sp³-hybridized carbons (Fsp3) is 0.0952. The van der Waals surface area contributed by atoms with Gasteiger partial charge in [0.25, 0.3) is 5.91 Å². The number of thiazole rings is 2. The topological polar surface area (TPSA) is 73.3 Å². The Hall–Kier alpha value is -3.30. The van der Waals surface area contributed by atoms with Crippen LogP contribution in [-0.4, -0.2) is 23.0 Å². The average molecular weight is 442 g/mol. The number of nitrogens with zero attached hydrogens (tertiary/aromatic N) is 2. The van der Waals surface area contributed by atoms with Gasteiger partial charge in [0.05, 0.1) is 24.0 Å². The molecule has 0 fully saturated rings. The van der Waals surface area contributed by atoms with Gasteiger partial charge in [-0.05, 0) is 36.4 Å². The number of hydrogen-bond acceptors (Lipinski definition) is 7. The van der Waals surface area contributed by atoms with Crippen molar-refractivity contribution in [3.63, 3.8) is 0 Å². The molecule has 1 amide bonds. The highest BCUT2D eigenvalue weighted by molar-refractivity contribution is 7.14. The van der Waals surface area contributed by atoms with Gasteiger partial charge in [-0.3, -0.25) is 10.1 Å². The summed E-state index contributed by atoms with van der Waals surface area (Å²) in [6, 6.07) is 11.5. The molecule has 0 unspecified atom stereocenters. The molecule has 9 heteroatoms. The number of amides is 1. The summed E-state index contributed by atoms with van der Waals surface area (Å²) in [6.45, 7) is 0.336. The van der Waals surface area contributed by atoms with Crippen molar-refractivity contribution in [1.82, 2.24) is 9.97 Å². The minimum Gasteiger partial charge on any atom is -0.494 e. The highest BCUT2D eigenvalue weighted by atomic mass is 32.1. The van der Waals surface area contributed by atoms with E-state index in [0.29, 0.717) is 34.3 Å². The molecule has 0 aliphatic heterocycles. The zero-order valence-corrected chi connectivity index (χ0v) is 17.4. The van der Waals surface area contributed by atoms with Crippen molar-refractivity contribution in [3.05, 3.63) is 75.8 Å². The fourth-order valence-electron chi connectivity index (χ4n) is 2.65. The van der Waals surface area contributed by atoms with Crippen LogP contribution in [0.2, 0.25) is 0 Å². The molecule has 0 aliphatic rings. The molecule has 0 aliphatic carbocycles. The van der Waals surface area contributed by atoms with Crippen LogP contribution in [0.25, 0.3) is 11.3 Å². The predicted octanol–water partition coefficient (Wildman–Crippen LogP) is 5.25. The molecule has 0 spiro atoms. The molecule has 152 valence electrons. The van der Waals surface area contributed by atoms with Gasteiger partial charge in [-0.25, -0.2) is 14.4 Å². The van der Waals surface area contributed by atoms with Gasteiger partial charge in [0.2, 0.25) is 0 Å². The van der Waals surface area contributed by atoms with E-state index in [1.54, 1.807) is 47.3 Å². The summed E-state index contributed by atoms with van der Waals surface area (Å²) in [4.78, 5) is 21.1. The SMILES string of the molecule is COc1ccc(-c2csc(NC(=O)c3cccc(OCc4cscn4)c3)n2)cc1F. The van der Waals surface area contributed by atoms with E-state index in [9.17, 15) is 9.18 Å². The first-order valence-electron chi connectivity index (χ1n) is 8.83. The lowest BCUT2D eigenvalue weighted by Crippen LogP contribution is -2.11. The Balaban J connectivity index is 1.43. The fourth-order valence-corrected chi connectivity index (χ4v) is 3.91. The molecular weight excluding hydrogens is 425 g/mol. The first-order chi connectivity index (χ1) is 14.6. The Morgan fingerprint density at radius 3 is 2.87 bits per heavy atom. The molecule has 0 saturated carbocycles. The summed E-state index contributed by atoms with van der Waals surface area (Å²) in [5.41, 5.74) is 4.18. The monoisotopic (exact) mass is 441 g/mol. The summed E-state index contributed by atoms with van der Waals surface area (Å²) >= 11 is 2.76. The number of aromatic nitrogens is 2. The van der Waals surface area contributed by atoms with E-state index in [4.69, 9.17) is 9.47 Å². The maximum absolute atomic E-state index is 13.9. The van der Waals surface area contributed by atoms with Crippen molar-refractivity contribution in [2.24, 2.45) is 0 Å². The van der Waals surface area contributed by atoms with E-state index in [1.165, 1.54) is 35.8 Å². The maximum Gasteiger partial charge on any atom is 0.257 e. The van der Waals surface area contributed by atoms with Crippen molar-refractivity contribution in [3.8, 4) is 22.8 Å². The van der Waals surface area contributed by atoms with E-state index in [0.717, 1.165) is 5.69 Å². The summed E-state index contributed by atoms with van der Waals surface area (Å²) in [5.74, 6) is -0.0393. The van der Waals surface area contributed by atoms with Crippen LogP contribution in [0.15, 0.2) is 58.7 Å². The molecule has 6 nitrogen and oxygen atoms in total. The van der Waals surface area contributed by atoms with Crippen molar-refractivity contribution in [2.75, 3.05) is 12.4 Å². The summed E-state index contributed by atoms with van der Waals surface area (Å²) < 4.78 is 24.5. The number of nitrogens with one attached hydrogen (secondary N) is 1. The lowest BCUT2D eigenvalue weighted by Gasteiger charge is -2.07. The molecule has 0 bridgehead atoms. The maximum atomic E-state index is 13.9. The quantitative estimate of drug-likeness (QED) is 0.424. The number of carbonyl (C=O) groups is 1. The lowest BCUT2D eigenvalue weighted by atomic mass is 10.1. The Morgan fingerprint density at radius 2 is 2.10 bits per heavy atom. The first kappa shape index (κ1) is 20.0. The highest BCUT2D eigenvalue weighted by Gasteiger charge is 2.12. The molecule has 2 aromatic carbocycles. The van der Waals surface area contributed by atoms with Crippen LogP contribution in [0.5, 0.6) is 11.5 Å². The zero-order valence-electron chi connectivity index (χ0n) is 15.8. The molecule has 4 rings (SSSR count). The molecule has 2 aromatic heterocycles.